The summed E-state index contributed by atoms with van der Waals surface area (Å²) in [6.45, 7) is 7.56. The van der Waals surface area contributed by atoms with Gasteiger partial charge in [0.05, 0.1) is 11.7 Å². The van der Waals surface area contributed by atoms with E-state index in [4.69, 9.17) is 9.47 Å². The quantitative estimate of drug-likeness (QED) is 0.685. The Morgan fingerprint density at radius 3 is 2.83 bits per heavy atom. The monoisotopic (exact) mass is 386 g/mol. The first kappa shape index (κ1) is 16.4. The smallest absolute Gasteiger partial charge is 0.410 e. The molecule has 1 amide bonds. The van der Waals surface area contributed by atoms with E-state index in [9.17, 15) is 9.18 Å². The third-order valence-corrected chi connectivity index (χ3v) is 4.31. The van der Waals surface area contributed by atoms with E-state index in [1.807, 2.05) is 26.8 Å². The maximum absolute atomic E-state index is 14.0. The number of hydrogen-bond donors (Lipinski definition) is 0. The maximum atomic E-state index is 14.0. The van der Waals surface area contributed by atoms with E-state index in [1.54, 1.807) is 4.90 Å². The number of carbonyl (C=O) groups is 1. The number of benzene rings is 1. The summed E-state index contributed by atoms with van der Waals surface area (Å²) in [6.07, 6.45) is -0.316. The molecule has 1 aromatic carbocycles. The third-order valence-electron chi connectivity index (χ3n) is 3.85. The number of rotatable bonds is 0. The van der Waals surface area contributed by atoms with Crippen molar-refractivity contribution in [2.75, 3.05) is 31.1 Å². The van der Waals surface area contributed by atoms with Gasteiger partial charge in [0.25, 0.3) is 0 Å². The number of piperazine rings is 1. The van der Waals surface area contributed by atoms with Gasteiger partial charge in [0.1, 0.15) is 12.2 Å². The molecule has 1 fully saturated rings. The Kier molecular flexibility index (Phi) is 4.16. The first-order valence-electron chi connectivity index (χ1n) is 7.61. The number of ether oxygens (including phenoxy) is 2. The van der Waals surface area contributed by atoms with E-state index in [2.05, 4.69) is 20.8 Å². The summed E-state index contributed by atoms with van der Waals surface area (Å²) in [6, 6.07) is 3.25. The van der Waals surface area contributed by atoms with Gasteiger partial charge in [-0.3, -0.25) is 0 Å². The summed E-state index contributed by atoms with van der Waals surface area (Å²) in [7, 11) is 0. The summed E-state index contributed by atoms with van der Waals surface area (Å²) in [4.78, 5) is 16.0. The van der Waals surface area contributed by atoms with Crippen molar-refractivity contribution in [3.63, 3.8) is 0 Å². The zero-order valence-electron chi connectivity index (χ0n) is 13.4. The van der Waals surface area contributed by atoms with Gasteiger partial charge < -0.3 is 19.3 Å². The Hall–Kier alpha value is -1.50. The van der Waals surface area contributed by atoms with Crippen LogP contribution in [0.2, 0.25) is 0 Å². The van der Waals surface area contributed by atoms with Crippen LogP contribution in [-0.4, -0.2) is 48.9 Å². The molecular formula is C16H20BrFN2O3. The lowest BCUT2D eigenvalue weighted by molar-refractivity contribution is 0.0194. The molecule has 0 N–H and O–H groups in total. The molecule has 7 heteroatoms. The zero-order valence-corrected chi connectivity index (χ0v) is 15.0. The highest BCUT2D eigenvalue weighted by Crippen LogP contribution is 2.39. The van der Waals surface area contributed by atoms with Gasteiger partial charge in [0.15, 0.2) is 11.6 Å². The fraction of sp³-hybridized carbons (Fsp3) is 0.562. The molecule has 2 aliphatic heterocycles. The van der Waals surface area contributed by atoms with Gasteiger partial charge in [-0.05, 0) is 32.9 Å². The first-order valence-corrected chi connectivity index (χ1v) is 8.40. The van der Waals surface area contributed by atoms with Crippen LogP contribution in [0.25, 0.3) is 0 Å². The summed E-state index contributed by atoms with van der Waals surface area (Å²) in [5.74, 6) is -0.0856. The van der Waals surface area contributed by atoms with Crippen LogP contribution in [0.3, 0.4) is 0 Å². The second-order valence-electron chi connectivity index (χ2n) is 6.82. The Bertz CT molecular complexity index is 632. The number of nitrogens with zero attached hydrogens (tertiary/aromatic N) is 2. The SMILES string of the molecule is CC(C)(C)OC(=O)N1CCN2c3cc(Br)cc(F)c3OC[C@H]2C1. The van der Waals surface area contributed by atoms with Gasteiger partial charge in [0, 0.05) is 24.1 Å². The Morgan fingerprint density at radius 1 is 1.39 bits per heavy atom. The number of anilines is 1. The molecule has 0 spiro atoms. The van der Waals surface area contributed by atoms with Crippen LogP contribution in [-0.2, 0) is 4.74 Å². The summed E-state index contributed by atoms with van der Waals surface area (Å²) in [5.41, 5.74) is 0.217. The van der Waals surface area contributed by atoms with E-state index in [0.29, 0.717) is 30.7 Å². The molecule has 1 aromatic rings. The molecule has 1 saturated heterocycles. The molecule has 2 heterocycles. The van der Waals surface area contributed by atoms with Crippen molar-refractivity contribution < 1.29 is 18.7 Å². The molecule has 3 rings (SSSR count). The largest absolute Gasteiger partial charge is 0.486 e. The number of amides is 1. The van der Waals surface area contributed by atoms with E-state index in [1.165, 1.54) is 6.07 Å². The molecule has 0 saturated carbocycles. The summed E-state index contributed by atoms with van der Waals surface area (Å²) in [5, 5.41) is 0. The van der Waals surface area contributed by atoms with Crippen LogP contribution in [0, 0.1) is 5.82 Å². The standard InChI is InChI=1S/C16H20BrFN2O3/c1-16(2,3)23-15(21)19-4-5-20-11(8-19)9-22-14-12(18)6-10(17)7-13(14)20/h6-7,11H,4-5,8-9H2,1-3H3/t11-/m1/s1. The van der Waals surface area contributed by atoms with Gasteiger partial charge in [-0.15, -0.1) is 0 Å². The van der Waals surface area contributed by atoms with Crippen molar-refractivity contribution in [2.45, 2.75) is 32.4 Å². The minimum atomic E-state index is -0.516. The minimum Gasteiger partial charge on any atom is -0.486 e. The molecule has 126 valence electrons. The molecule has 5 nitrogen and oxygen atoms in total. The predicted molar refractivity (Wildman–Crippen MR) is 88.5 cm³/mol. The van der Waals surface area contributed by atoms with Gasteiger partial charge in [-0.2, -0.15) is 0 Å². The third kappa shape index (κ3) is 3.39. The fourth-order valence-corrected chi connectivity index (χ4v) is 3.31. The van der Waals surface area contributed by atoms with Crippen molar-refractivity contribution >= 4 is 27.7 Å². The Morgan fingerprint density at radius 2 is 2.13 bits per heavy atom. The first-order chi connectivity index (χ1) is 10.7. The average molecular weight is 387 g/mol. The lowest BCUT2D eigenvalue weighted by Gasteiger charge is -2.45. The lowest BCUT2D eigenvalue weighted by atomic mass is 10.1. The molecule has 23 heavy (non-hydrogen) atoms. The fourth-order valence-electron chi connectivity index (χ4n) is 2.89. The minimum absolute atomic E-state index is 0.00234. The Balaban J connectivity index is 1.76. The second kappa shape index (κ2) is 5.85. The van der Waals surface area contributed by atoms with Crippen molar-refractivity contribution in [1.29, 1.82) is 0 Å². The molecule has 2 aliphatic rings. The molecule has 0 unspecified atom stereocenters. The highest BCUT2D eigenvalue weighted by molar-refractivity contribution is 9.10. The van der Waals surface area contributed by atoms with Crippen molar-refractivity contribution in [3.05, 3.63) is 22.4 Å². The van der Waals surface area contributed by atoms with E-state index in [0.717, 1.165) is 5.69 Å². The molecule has 0 bridgehead atoms. The maximum Gasteiger partial charge on any atom is 0.410 e. The summed E-state index contributed by atoms with van der Waals surface area (Å²) >= 11 is 3.32. The lowest BCUT2D eigenvalue weighted by Crippen LogP contribution is -2.59. The van der Waals surface area contributed by atoms with E-state index < -0.39 is 5.60 Å². The molecule has 0 aliphatic carbocycles. The highest BCUT2D eigenvalue weighted by atomic mass is 79.9. The molecular weight excluding hydrogens is 367 g/mol. The van der Waals surface area contributed by atoms with Crippen molar-refractivity contribution in [1.82, 2.24) is 4.90 Å². The predicted octanol–water partition coefficient (Wildman–Crippen LogP) is 3.41. The van der Waals surface area contributed by atoms with Gasteiger partial charge in [0.2, 0.25) is 0 Å². The molecule has 1 atom stereocenters. The number of carbonyl (C=O) groups excluding carboxylic acids is 1. The van der Waals surface area contributed by atoms with Crippen LogP contribution in [0.1, 0.15) is 20.8 Å². The number of hydrogen-bond acceptors (Lipinski definition) is 4. The van der Waals surface area contributed by atoms with E-state index >= 15 is 0 Å². The van der Waals surface area contributed by atoms with Crippen LogP contribution in [0.5, 0.6) is 5.75 Å². The van der Waals surface area contributed by atoms with Crippen LogP contribution >= 0.6 is 15.9 Å². The van der Waals surface area contributed by atoms with Crippen LogP contribution in [0.4, 0.5) is 14.9 Å². The van der Waals surface area contributed by atoms with Crippen LogP contribution in [0.15, 0.2) is 16.6 Å². The Labute approximate surface area is 143 Å². The molecule has 0 aromatic heterocycles. The second-order valence-corrected chi connectivity index (χ2v) is 7.74. The molecule has 0 radical (unpaired) electrons. The average Bonchev–Trinajstić information content (AvgIpc) is 2.44. The van der Waals surface area contributed by atoms with E-state index in [-0.39, 0.29) is 23.7 Å². The van der Waals surface area contributed by atoms with Gasteiger partial charge in [-0.25, -0.2) is 9.18 Å². The number of fused-ring (bicyclic) bond motifs is 3. The van der Waals surface area contributed by atoms with Gasteiger partial charge >= 0.3 is 6.09 Å². The summed E-state index contributed by atoms with van der Waals surface area (Å²) < 4.78 is 25.7. The van der Waals surface area contributed by atoms with Crippen LogP contribution < -0.4 is 9.64 Å². The topological polar surface area (TPSA) is 42.0 Å². The normalized spacial score (nSPS) is 20.5. The van der Waals surface area contributed by atoms with Crippen molar-refractivity contribution in [3.8, 4) is 5.75 Å². The van der Waals surface area contributed by atoms with Gasteiger partial charge in [-0.1, -0.05) is 15.9 Å². The zero-order chi connectivity index (χ0) is 16.8. The number of halogens is 2. The highest BCUT2D eigenvalue weighted by Gasteiger charge is 2.37. The van der Waals surface area contributed by atoms with Crippen molar-refractivity contribution in [2.24, 2.45) is 0 Å².